The lowest BCUT2D eigenvalue weighted by Crippen LogP contribution is -2.51. The molecule has 160 valence electrons. The van der Waals surface area contributed by atoms with Gasteiger partial charge in [-0.15, -0.1) is 0 Å². The van der Waals surface area contributed by atoms with E-state index in [4.69, 9.17) is 23.2 Å². The fourth-order valence-electron chi connectivity index (χ4n) is 4.33. The lowest BCUT2D eigenvalue weighted by Gasteiger charge is -2.40. The third kappa shape index (κ3) is 3.97. The highest BCUT2D eigenvalue weighted by Crippen LogP contribution is 2.36. The summed E-state index contributed by atoms with van der Waals surface area (Å²) in [4.78, 5) is 30.0. The maximum absolute atomic E-state index is 13.5. The van der Waals surface area contributed by atoms with Crippen molar-refractivity contribution in [3.8, 4) is 0 Å². The Morgan fingerprint density at radius 2 is 1.90 bits per heavy atom. The molecular formula is C23H27Cl2N3O2. The standard InChI is InChI=1S/C23H27Cl2N3O2/c1-15(2)28(23(30)16-5-3-6-16)14-21(29)27-12-11-26-10-4-7-20(26)22(27)17-8-9-18(24)19(25)13-17/h4,7-10,13,15-16,22H,3,5-6,11-12,14H2,1-2H3. The van der Waals surface area contributed by atoms with Crippen LogP contribution in [0.3, 0.4) is 0 Å². The Kier molecular flexibility index (Phi) is 6.12. The van der Waals surface area contributed by atoms with E-state index in [0.29, 0.717) is 16.6 Å². The van der Waals surface area contributed by atoms with Crippen molar-refractivity contribution in [3.63, 3.8) is 0 Å². The lowest BCUT2D eigenvalue weighted by atomic mass is 9.84. The first-order valence-electron chi connectivity index (χ1n) is 10.6. The van der Waals surface area contributed by atoms with Crippen LogP contribution in [-0.2, 0) is 16.1 Å². The van der Waals surface area contributed by atoms with Gasteiger partial charge in [0.25, 0.3) is 0 Å². The summed E-state index contributed by atoms with van der Waals surface area (Å²) in [6.45, 7) is 5.36. The van der Waals surface area contributed by atoms with Gasteiger partial charge in [0.1, 0.15) is 6.54 Å². The second kappa shape index (κ2) is 8.64. The van der Waals surface area contributed by atoms with Gasteiger partial charge in [-0.2, -0.15) is 0 Å². The summed E-state index contributed by atoms with van der Waals surface area (Å²) in [6, 6.07) is 9.27. The number of nitrogens with zero attached hydrogens (tertiary/aromatic N) is 3. The van der Waals surface area contributed by atoms with Crippen LogP contribution in [0.5, 0.6) is 0 Å². The molecule has 7 heteroatoms. The number of carbonyl (C=O) groups excluding carboxylic acids is 2. The topological polar surface area (TPSA) is 45.6 Å². The predicted molar refractivity (Wildman–Crippen MR) is 119 cm³/mol. The Balaban J connectivity index is 1.62. The Bertz CT molecular complexity index is 952. The highest BCUT2D eigenvalue weighted by Gasteiger charge is 2.36. The molecule has 1 aliphatic heterocycles. The zero-order valence-electron chi connectivity index (χ0n) is 17.4. The number of halogens is 2. The van der Waals surface area contributed by atoms with Crippen LogP contribution in [0, 0.1) is 5.92 Å². The van der Waals surface area contributed by atoms with E-state index in [-0.39, 0.29) is 36.4 Å². The Labute approximate surface area is 187 Å². The number of fused-ring (bicyclic) bond motifs is 1. The minimum absolute atomic E-state index is 0.0147. The van der Waals surface area contributed by atoms with Crippen molar-refractivity contribution < 1.29 is 9.59 Å². The number of hydrogen-bond donors (Lipinski definition) is 0. The number of hydrogen-bond acceptors (Lipinski definition) is 2. The highest BCUT2D eigenvalue weighted by atomic mass is 35.5. The van der Waals surface area contributed by atoms with Crippen molar-refractivity contribution in [2.75, 3.05) is 13.1 Å². The molecule has 2 amide bonds. The molecule has 0 N–H and O–H groups in total. The molecule has 1 aromatic heterocycles. The van der Waals surface area contributed by atoms with Crippen molar-refractivity contribution in [1.29, 1.82) is 0 Å². The Morgan fingerprint density at radius 3 is 2.53 bits per heavy atom. The molecule has 1 aliphatic carbocycles. The van der Waals surface area contributed by atoms with Gasteiger partial charge in [0.05, 0.1) is 16.1 Å². The van der Waals surface area contributed by atoms with E-state index in [1.165, 1.54) is 0 Å². The van der Waals surface area contributed by atoms with Crippen LogP contribution in [0.1, 0.15) is 50.4 Å². The van der Waals surface area contributed by atoms with Crippen LogP contribution in [0.25, 0.3) is 0 Å². The Hall–Kier alpha value is -1.98. The lowest BCUT2D eigenvalue weighted by molar-refractivity contribution is -0.147. The summed E-state index contributed by atoms with van der Waals surface area (Å²) >= 11 is 12.4. The molecule has 30 heavy (non-hydrogen) atoms. The van der Waals surface area contributed by atoms with Crippen LogP contribution in [-0.4, -0.2) is 45.3 Å². The SMILES string of the molecule is CC(C)N(CC(=O)N1CCn2cccc2C1c1ccc(Cl)c(Cl)c1)C(=O)C1CCC1. The molecule has 5 nitrogen and oxygen atoms in total. The van der Waals surface area contributed by atoms with E-state index < -0.39 is 0 Å². The van der Waals surface area contributed by atoms with Gasteiger partial charge in [-0.25, -0.2) is 0 Å². The van der Waals surface area contributed by atoms with E-state index in [2.05, 4.69) is 4.57 Å². The molecule has 1 unspecified atom stereocenters. The van der Waals surface area contributed by atoms with Crippen molar-refractivity contribution in [3.05, 3.63) is 57.8 Å². The van der Waals surface area contributed by atoms with Crippen LogP contribution < -0.4 is 0 Å². The van der Waals surface area contributed by atoms with Crippen LogP contribution >= 0.6 is 23.2 Å². The molecule has 2 aromatic rings. The first-order valence-corrected chi connectivity index (χ1v) is 11.3. The maximum atomic E-state index is 13.5. The number of benzene rings is 1. The molecule has 1 saturated carbocycles. The number of aromatic nitrogens is 1. The normalized spacial score (nSPS) is 18.8. The van der Waals surface area contributed by atoms with Crippen molar-refractivity contribution in [2.24, 2.45) is 5.92 Å². The summed E-state index contributed by atoms with van der Waals surface area (Å²) in [7, 11) is 0. The van der Waals surface area contributed by atoms with Gasteiger partial charge in [0.2, 0.25) is 11.8 Å². The summed E-state index contributed by atoms with van der Waals surface area (Å²) in [5.41, 5.74) is 1.95. The van der Waals surface area contributed by atoms with Crippen LogP contribution in [0.2, 0.25) is 10.0 Å². The van der Waals surface area contributed by atoms with Crippen molar-refractivity contribution in [2.45, 2.75) is 51.7 Å². The Morgan fingerprint density at radius 1 is 1.13 bits per heavy atom. The van der Waals surface area contributed by atoms with Gasteiger partial charge in [-0.05, 0) is 56.5 Å². The molecule has 1 atom stereocenters. The van der Waals surface area contributed by atoms with Crippen LogP contribution in [0.4, 0.5) is 0 Å². The molecule has 0 bridgehead atoms. The van der Waals surface area contributed by atoms with E-state index in [9.17, 15) is 9.59 Å². The molecule has 4 rings (SSSR count). The first kappa shape index (κ1) is 21.3. The minimum atomic E-state index is -0.260. The van der Waals surface area contributed by atoms with Crippen LogP contribution in [0.15, 0.2) is 36.5 Å². The number of amides is 2. The average molecular weight is 448 g/mol. The molecule has 0 saturated heterocycles. The second-order valence-electron chi connectivity index (χ2n) is 8.48. The molecule has 0 radical (unpaired) electrons. The quantitative estimate of drug-likeness (QED) is 0.662. The van der Waals surface area contributed by atoms with Gasteiger partial charge >= 0.3 is 0 Å². The predicted octanol–water partition coefficient (Wildman–Crippen LogP) is 4.76. The molecule has 2 heterocycles. The molecule has 1 aromatic carbocycles. The number of carbonyl (C=O) groups is 2. The molecular weight excluding hydrogens is 421 g/mol. The van der Waals surface area contributed by atoms with Gasteiger partial charge in [-0.3, -0.25) is 9.59 Å². The van der Waals surface area contributed by atoms with Gasteiger partial charge in [0.15, 0.2) is 0 Å². The molecule has 1 fully saturated rings. The monoisotopic (exact) mass is 447 g/mol. The van der Waals surface area contributed by atoms with E-state index in [1.807, 2.05) is 49.2 Å². The maximum Gasteiger partial charge on any atom is 0.243 e. The zero-order valence-corrected chi connectivity index (χ0v) is 18.9. The second-order valence-corrected chi connectivity index (χ2v) is 9.29. The molecule has 2 aliphatic rings. The molecule has 0 spiro atoms. The fourth-order valence-corrected chi connectivity index (χ4v) is 4.63. The largest absolute Gasteiger partial charge is 0.348 e. The first-order chi connectivity index (χ1) is 14.4. The van der Waals surface area contributed by atoms with Gasteiger partial charge in [0, 0.05) is 36.9 Å². The summed E-state index contributed by atoms with van der Waals surface area (Å²) in [5, 5.41) is 0.954. The van der Waals surface area contributed by atoms with Gasteiger partial charge < -0.3 is 14.4 Å². The summed E-state index contributed by atoms with van der Waals surface area (Å²) < 4.78 is 2.16. The summed E-state index contributed by atoms with van der Waals surface area (Å²) in [6.07, 6.45) is 4.99. The number of rotatable bonds is 5. The summed E-state index contributed by atoms with van der Waals surface area (Å²) in [5.74, 6) is 0.139. The van der Waals surface area contributed by atoms with E-state index in [1.54, 1.807) is 11.0 Å². The fraction of sp³-hybridized carbons (Fsp3) is 0.478. The average Bonchev–Trinajstić information content (AvgIpc) is 3.14. The van der Waals surface area contributed by atoms with E-state index in [0.717, 1.165) is 37.1 Å². The third-order valence-electron chi connectivity index (χ3n) is 6.28. The van der Waals surface area contributed by atoms with E-state index >= 15 is 0 Å². The third-order valence-corrected chi connectivity index (χ3v) is 7.02. The zero-order chi connectivity index (χ0) is 21.4. The van der Waals surface area contributed by atoms with Crippen molar-refractivity contribution >= 4 is 35.0 Å². The van der Waals surface area contributed by atoms with Gasteiger partial charge in [-0.1, -0.05) is 35.7 Å². The van der Waals surface area contributed by atoms with Crippen molar-refractivity contribution in [1.82, 2.24) is 14.4 Å². The highest BCUT2D eigenvalue weighted by molar-refractivity contribution is 6.42. The minimum Gasteiger partial charge on any atom is -0.348 e. The smallest absolute Gasteiger partial charge is 0.243 e.